The van der Waals surface area contributed by atoms with Gasteiger partial charge in [-0.25, -0.2) is 12.8 Å². The van der Waals surface area contributed by atoms with E-state index in [-0.39, 0.29) is 23.0 Å². The molecule has 0 saturated carbocycles. The molecule has 0 radical (unpaired) electrons. The summed E-state index contributed by atoms with van der Waals surface area (Å²) in [6, 6.07) is 18.8. The second kappa shape index (κ2) is 13.0. The van der Waals surface area contributed by atoms with E-state index in [0.29, 0.717) is 12.3 Å². The summed E-state index contributed by atoms with van der Waals surface area (Å²) in [5.41, 5.74) is 1.000. The average molecular weight is 542 g/mol. The molecule has 0 spiro atoms. The number of amides is 2. The summed E-state index contributed by atoms with van der Waals surface area (Å²) >= 11 is 0. The molecule has 0 aliphatic rings. The number of carbonyl (C=O) groups excluding carboxylic acids is 2. The molecule has 3 aromatic carbocycles. The molecule has 38 heavy (non-hydrogen) atoms. The lowest BCUT2D eigenvalue weighted by molar-refractivity contribution is -0.139. The Labute approximate surface area is 223 Å². The van der Waals surface area contributed by atoms with E-state index in [4.69, 9.17) is 4.74 Å². The van der Waals surface area contributed by atoms with Crippen LogP contribution in [-0.2, 0) is 26.2 Å². The number of nitrogens with zero attached hydrogens (tertiary/aromatic N) is 2. The topological polar surface area (TPSA) is 96.0 Å². The number of para-hydroxylation sites is 1. The van der Waals surface area contributed by atoms with Gasteiger partial charge in [-0.1, -0.05) is 37.3 Å². The highest BCUT2D eigenvalue weighted by atomic mass is 32.2. The first-order chi connectivity index (χ1) is 18.2. The van der Waals surface area contributed by atoms with E-state index >= 15 is 0 Å². The number of methoxy groups -OCH3 is 1. The van der Waals surface area contributed by atoms with Gasteiger partial charge in [0.15, 0.2) is 0 Å². The zero-order chi connectivity index (χ0) is 27.7. The second-order valence-electron chi connectivity index (χ2n) is 8.64. The number of anilines is 1. The molecule has 202 valence electrons. The van der Waals surface area contributed by atoms with E-state index in [1.807, 2.05) is 6.92 Å². The maximum Gasteiger partial charge on any atom is 0.264 e. The maximum absolute atomic E-state index is 13.8. The molecular weight excluding hydrogens is 509 g/mol. The number of hydrogen-bond acceptors (Lipinski definition) is 5. The summed E-state index contributed by atoms with van der Waals surface area (Å²) < 4.78 is 46.9. The predicted octanol–water partition coefficient (Wildman–Crippen LogP) is 3.97. The maximum atomic E-state index is 13.8. The lowest BCUT2D eigenvalue weighted by atomic mass is 10.1. The lowest BCUT2D eigenvalue weighted by Crippen LogP contribution is -2.51. The van der Waals surface area contributed by atoms with Crippen molar-refractivity contribution in [3.8, 4) is 5.75 Å². The van der Waals surface area contributed by atoms with Crippen molar-refractivity contribution in [2.24, 2.45) is 0 Å². The molecule has 2 amide bonds. The van der Waals surface area contributed by atoms with Crippen molar-refractivity contribution in [1.29, 1.82) is 0 Å². The van der Waals surface area contributed by atoms with Gasteiger partial charge < -0.3 is 15.0 Å². The Balaban J connectivity index is 1.98. The molecule has 3 aromatic rings. The number of sulfonamides is 1. The van der Waals surface area contributed by atoms with Gasteiger partial charge in [-0.3, -0.25) is 13.9 Å². The van der Waals surface area contributed by atoms with Gasteiger partial charge in [0.2, 0.25) is 11.8 Å². The average Bonchev–Trinajstić information content (AvgIpc) is 2.93. The van der Waals surface area contributed by atoms with Crippen LogP contribution in [0.1, 0.15) is 25.8 Å². The van der Waals surface area contributed by atoms with E-state index in [1.54, 1.807) is 68.6 Å². The molecule has 0 fully saturated rings. The van der Waals surface area contributed by atoms with Crippen LogP contribution in [0.2, 0.25) is 0 Å². The van der Waals surface area contributed by atoms with Crippen LogP contribution in [0.4, 0.5) is 10.1 Å². The van der Waals surface area contributed by atoms with Crippen molar-refractivity contribution in [1.82, 2.24) is 10.2 Å². The number of nitrogens with one attached hydrogen (secondary N) is 1. The molecule has 0 heterocycles. The Morgan fingerprint density at radius 2 is 1.61 bits per heavy atom. The predicted molar refractivity (Wildman–Crippen MR) is 144 cm³/mol. The van der Waals surface area contributed by atoms with Crippen LogP contribution in [0, 0.1) is 5.82 Å². The number of ether oxygens (including phenoxy) is 1. The quantitative estimate of drug-likeness (QED) is 0.374. The Kier molecular flexibility index (Phi) is 9.84. The molecule has 0 saturated heterocycles. The number of benzene rings is 3. The zero-order valence-corrected chi connectivity index (χ0v) is 22.4. The number of rotatable bonds is 12. The fourth-order valence-electron chi connectivity index (χ4n) is 3.76. The molecular formula is C28H32FN3O5S. The van der Waals surface area contributed by atoms with Gasteiger partial charge in [-0.15, -0.1) is 0 Å². The number of hydrogen-bond donors (Lipinski definition) is 1. The molecule has 0 unspecified atom stereocenters. The van der Waals surface area contributed by atoms with Crippen molar-refractivity contribution >= 4 is 27.5 Å². The first kappa shape index (κ1) is 28.6. The SMILES string of the molecule is CCCNC(=O)[C@H](C)N(Cc1ccc(OC)cc1)C(=O)CN(c1ccccc1)S(=O)(=O)c1ccc(F)cc1. The Bertz CT molecular complexity index is 1320. The van der Waals surface area contributed by atoms with Gasteiger partial charge in [0.25, 0.3) is 10.0 Å². The van der Waals surface area contributed by atoms with Crippen molar-refractivity contribution in [3.63, 3.8) is 0 Å². The van der Waals surface area contributed by atoms with Crippen molar-refractivity contribution in [2.45, 2.75) is 37.8 Å². The fourth-order valence-corrected chi connectivity index (χ4v) is 5.18. The van der Waals surface area contributed by atoms with E-state index < -0.39 is 34.3 Å². The summed E-state index contributed by atoms with van der Waals surface area (Å²) in [6.07, 6.45) is 0.725. The summed E-state index contributed by atoms with van der Waals surface area (Å²) in [5.74, 6) is -0.860. The van der Waals surface area contributed by atoms with Crippen LogP contribution in [0.25, 0.3) is 0 Å². The standard InChI is InChI=1S/C28H32FN3O5S/c1-4-18-30-28(34)21(2)31(19-22-10-14-25(37-3)15-11-22)27(33)20-32(24-8-6-5-7-9-24)38(35,36)26-16-12-23(29)13-17-26/h5-17,21H,4,18-20H2,1-3H3,(H,30,34)/t21-/m0/s1. The Hall–Kier alpha value is -3.92. The van der Waals surface area contributed by atoms with Crippen LogP contribution in [-0.4, -0.2) is 51.4 Å². The first-order valence-corrected chi connectivity index (χ1v) is 13.6. The first-order valence-electron chi connectivity index (χ1n) is 12.2. The minimum absolute atomic E-state index is 0.0722. The van der Waals surface area contributed by atoms with Crippen LogP contribution in [0.15, 0.2) is 83.8 Å². The molecule has 10 heteroatoms. The molecule has 3 rings (SSSR count). The normalized spacial score (nSPS) is 11.9. The van der Waals surface area contributed by atoms with Crippen molar-refractivity contribution in [2.75, 3.05) is 24.5 Å². The van der Waals surface area contributed by atoms with E-state index in [1.165, 1.54) is 4.90 Å². The highest BCUT2D eigenvalue weighted by Gasteiger charge is 2.32. The monoisotopic (exact) mass is 541 g/mol. The van der Waals surface area contributed by atoms with Crippen LogP contribution >= 0.6 is 0 Å². The number of carbonyl (C=O) groups is 2. The highest BCUT2D eigenvalue weighted by molar-refractivity contribution is 7.92. The Morgan fingerprint density at radius 3 is 2.18 bits per heavy atom. The molecule has 0 bridgehead atoms. The van der Waals surface area contributed by atoms with Gasteiger partial charge in [0.1, 0.15) is 24.2 Å². The van der Waals surface area contributed by atoms with E-state index in [9.17, 15) is 22.4 Å². The van der Waals surface area contributed by atoms with Crippen molar-refractivity contribution in [3.05, 3.63) is 90.2 Å². The minimum Gasteiger partial charge on any atom is -0.497 e. The van der Waals surface area contributed by atoms with E-state index in [2.05, 4.69) is 5.32 Å². The molecule has 1 N–H and O–H groups in total. The van der Waals surface area contributed by atoms with Gasteiger partial charge in [-0.2, -0.15) is 0 Å². The summed E-state index contributed by atoms with van der Waals surface area (Å²) in [4.78, 5) is 27.8. The third kappa shape index (κ3) is 7.10. The van der Waals surface area contributed by atoms with Crippen LogP contribution in [0.5, 0.6) is 5.75 Å². The smallest absolute Gasteiger partial charge is 0.264 e. The van der Waals surface area contributed by atoms with Gasteiger partial charge in [0, 0.05) is 13.1 Å². The zero-order valence-electron chi connectivity index (χ0n) is 21.6. The molecule has 0 aliphatic carbocycles. The van der Waals surface area contributed by atoms with Crippen LogP contribution in [0.3, 0.4) is 0 Å². The van der Waals surface area contributed by atoms with Crippen molar-refractivity contribution < 1.29 is 27.1 Å². The minimum atomic E-state index is -4.24. The van der Waals surface area contributed by atoms with E-state index in [0.717, 1.165) is 40.6 Å². The van der Waals surface area contributed by atoms with Gasteiger partial charge in [0.05, 0.1) is 17.7 Å². The summed E-state index contributed by atoms with van der Waals surface area (Å²) in [5, 5.41) is 2.80. The fraction of sp³-hybridized carbons (Fsp3) is 0.286. The largest absolute Gasteiger partial charge is 0.497 e. The van der Waals surface area contributed by atoms with Crippen LogP contribution < -0.4 is 14.4 Å². The summed E-state index contributed by atoms with van der Waals surface area (Å²) in [6.45, 7) is 3.48. The third-order valence-corrected chi connectivity index (χ3v) is 7.74. The highest BCUT2D eigenvalue weighted by Crippen LogP contribution is 2.25. The summed E-state index contributed by atoms with van der Waals surface area (Å²) in [7, 11) is -2.69. The number of halogens is 1. The van der Waals surface area contributed by atoms with Gasteiger partial charge >= 0.3 is 0 Å². The molecule has 0 aliphatic heterocycles. The third-order valence-electron chi connectivity index (χ3n) is 5.95. The molecule has 1 atom stereocenters. The second-order valence-corrected chi connectivity index (χ2v) is 10.5. The van der Waals surface area contributed by atoms with Gasteiger partial charge in [-0.05, 0) is 67.4 Å². The molecule has 8 nitrogen and oxygen atoms in total. The molecule has 0 aromatic heterocycles. The Morgan fingerprint density at radius 1 is 0.974 bits per heavy atom. The lowest BCUT2D eigenvalue weighted by Gasteiger charge is -2.32.